The van der Waals surface area contributed by atoms with E-state index in [2.05, 4.69) is 43.5 Å². The Kier molecular flexibility index (Phi) is 8.24. The van der Waals surface area contributed by atoms with Crippen molar-refractivity contribution in [3.8, 4) is 0 Å². The van der Waals surface area contributed by atoms with Crippen LogP contribution in [0.1, 0.15) is 61.0 Å². The lowest BCUT2D eigenvalue weighted by Crippen LogP contribution is -2.48. The van der Waals surface area contributed by atoms with Gasteiger partial charge in [-0.2, -0.15) is 0 Å². The Balaban J connectivity index is 2.04. The molecule has 0 radical (unpaired) electrons. The average molecular weight is 381 g/mol. The molecule has 0 saturated carbocycles. The lowest BCUT2D eigenvalue weighted by molar-refractivity contribution is -0.123. The van der Waals surface area contributed by atoms with E-state index in [9.17, 15) is 9.59 Å². The van der Waals surface area contributed by atoms with Gasteiger partial charge in [-0.25, -0.2) is 0 Å². The smallest absolute Gasteiger partial charge is 0.252 e. The highest BCUT2D eigenvalue weighted by molar-refractivity contribution is 5.98. The highest BCUT2D eigenvalue weighted by Gasteiger charge is 2.23. The van der Waals surface area contributed by atoms with Gasteiger partial charge in [0.2, 0.25) is 5.91 Å². The molecule has 4 heteroatoms. The molecule has 2 aromatic carbocycles. The van der Waals surface area contributed by atoms with Gasteiger partial charge in [-0.05, 0) is 42.9 Å². The van der Waals surface area contributed by atoms with Gasteiger partial charge >= 0.3 is 0 Å². The van der Waals surface area contributed by atoms with Crippen molar-refractivity contribution < 1.29 is 9.59 Å². The van der Waals surface area contributed by atoms with Crippen molar-refractivity contribution in [2.24, 2.45) is 5.92 Å². The van der Waals surface area contributed by atoms with Gasteiger partial charge in [-0.1, -0.05) is 69.3 Å². The van der Waals surface area contributed by atoms with Crippen LogP contribution in [0.3, 0.4) is 0 Å². The molecule has 2 atom stereocenters. The molecule has 0 aliphatic rings. The van der Waals surface area contributed by atoms with E-state index < -0.39 is 6.04 Å². The Labute approximate surface area is 168 Å². The predicted molar refractivity (Wildman–Crippen MR) is 114 cm³/mol. The number of benzene rings is 2. The van der Waals surface area contributed by atoms with Crippen LogP contribution < -0.4 is 10.6 Å². The molecule has 0 fully saturated rings. The molecule has 2 N–H and O–H groups in total. The van der Waals surface area contributed by atoms with Crippen LogP contribution in [0.2, 0.25) is 0 Å². The quantitative estimate of drug-likeness (QED) is 0.675. The third-order valence-corrected chi connectivity index (χ3v) is 5.01. The highest BCUT2D eigenvalue weighted by Crippen LogP contribution is 2.18. The van der Waals surface area contributed by atoms with Crippen molar-refractivity contribution in [3.05, 3.63) is 71.3 Å². The summed E-state index contributed by atoms with van der Waals surface area (Å²) >= 11 is 0. The first-order valence-electron chi connectivity index (χ1n) is 10.1. The fourth-order valence-corrected chi connectivity index (χ4v) is 3.34. The Morgan fingerprint density at radius 3 is 2.21 bits per heavy atom. The summed E-state index contributed by atoms with van der Waals surface area (Å²) in [7, 11) is 0. The molecule has 2 amide bonds. The molecule has 0 aliphatic heterocycles. The minimum absolute atomic E-state index is 0.120. The molecule has 28 heavy (non-hydrogen) atoms. The standard InChI is InChI=1S/C24H32N2O2/c1-5-19(20-12-7-6-8-13-20)16-25-24(28)22(15-17(2)3)26-23(27)21-14-10-9-11-18(21)4/h6-14,17,19,22H,5,15-16H2,1-4H3,(H,25,28)(H,26,27). The molecule has 2 rings (SSSR count). The van der Waals surface area contributed by atoms with E-state index in [0.29, 0.717) is 24.4 Å². The first kappa shape index (κ1) is 21.7. The van der Waals surface area contributed by atoms with Crippen LogP contribution in [0.4, 0.5) is 0 Å². The number of carbonyl (C=O) groups excluding carboxylic acids is 2. The molecule has 2 unspecified atom stereocenters. The van der Waals surface area contributed by atoms with Gasteiger partial charge in [0.05, 0.1) is 0 Å². The van der Waals surface area contributed by atoms with E-state index in [0.717, 1.165) is 12.0 Å². The minimum Gasteiger partial charge on any atom is -0.354 e. The Morgan fingerprint density at radius 2 is 1.61 bits per heavy atom. The topological polar surface area (TPSA) is 58.2 Å². The highest BCUT2D eigenvalue weighted by atomic mass is 16.2. The lowest BCUT2D eigenvalue weighted by atomic mass is 9.96. The lowest BCUT2D eigenvalue weighted by Gasteiger charge is -2.23. The zero-order valence-electron chi connectivity index (χ0n) is 17.4. The van der Waals surface area contributed by atoms with Gasteiger partial charge in [0, 0.05) is 18.0 Å². The van der Waals surface area contributed by atoms with Crippen LogP contribution in [-0.2, 0) is 4.79 Å². The maximum Gasteiger partial charge on any atom is 0.252 e. The Hall–Kier alpha value is -2.62. The first-order chi connectivity index (χ1) is 13.4. The molecule has 0 saturated heterocycles. The normalized spacial score (nSPS) is 13.0. The minimum atomic E-state index is -0.541. The van der Waals surface area contributed by atoms with E-state index in [1.807, 2.05) is 43.3 Å². The summed E-state index contributed by atoms with van der Waals surface area (Å²) in [4.78, 5) is 25.5. The van der Waals surface area contributed by atoms with Crippen molar-refractivity contribution in [3.63, 3.8) is 0 Å². The SMILES string of the molecule is CCC(CNC(=O)C(CC(C)C)NC(=O)c1ccccc1C)c1ccccc1. The van der Waals surface area contributed by atoms with Crippen LogP contribution in [0.25, 0.3) is 0 Å². The summed E-state index contributed by atoms with van der Waals surface area (Å²) in [5, 5.41) is 5.99. The van der Waals surface area contributed by atoms with Crippen molar-refractivity contribution in [2.75, 3.05) is 6.54 Å². The van der Waals surface area contributed by atoms with Gasteiger partial charge < -0.3 is 10.6 Å². The van der Waals surface area contributed by atoms with Gasteiger partial charge in [0.25, 0.3) is 5.91 Å². The maximum absolute atomic E-state index is 12.9. The zero-order chi connectivity index (χ0) is 20.5. The number of carbonyl (C=O) groups is 2. The summed E-state index contributed by atoms with van der Waals surface area (Å²) in [6.45, 7) is 8.69. The second kappa shape index (κ2) is 10.6. The van der Waals surface area contributed by atoms with Crippen LogP contribution in [0.15, 0.2) is 54.6 Å². The zero-order valence-corrected chi connectivity index (χ0v) is 17.4. The maximum atomic E-state index is 12.9. The third-order valence-electron chi connectivity index (χ3n) is 5.01. The fourth-order valence-electron chi connectivity index (χ4n) is 3.34. The van der Waals surface area contributed by atoms with E-state index >= 15 is 0 Å². The summed E-state index contributed by atoms with van der Waals surface area (Å²) in [6, 6.07) is 17.1. The van der Waals surface area contributed by atoms with E-state index in [1.54, 1.807) is 6.07 Å². The number of nitrogens with one attached hydrogen (secondary N) is 2. The number of amides is 2. The molecular weight excluding hydrogens is 348 g/mol. The summed E-state index contributed by atoms with van der Waals surface area (Å²) in [6.07, 6.45) is 1.54. The van der Waals surface area contributed by atoms with Crippen molar-refractivity contribution in [1.82, 2.24) is 10.6 Å². The van der Waals surface area contributed by atoms with Gasteiger partial charge in [-0.15, -0.1) is 0 Å². The molecule has 150 valence electrons. The summed E-state index contributed by atoms with van der Waals surface area (Å²) < 4.78 is 0. The van der Waals surface area contributed by atoms with Crippen LogP contribution in [0, 0.1) is 12.8 Å². The molecule has 4 nitrogen and oxygen atoms in total. The predicted octanol–water partition coefficient (Wildman–Crippen LogP) is 4.45. The number of aryl methyl sites for hydroxylation is 1. The average Bonchev–Trinajstić information content (AvgIpc) is 2.68. The van der Waals surface area contributed by atoms with E-state index in [1.165, 1.54) is 5.56 Å². The summed E-state index contributed by atoms with van der Waals surface area (Å²) in [5.41, 5.74) is 2.73. The van der Waals surface area contributed by atoms with Crippen molar-refractivity contribution in [2.45, 2.75) is 52.5 Å². The van der Waals surface area contributed by atoms with E-state index in [4.69, 9.17) is 0 Å². The first-order valence-corrected chi connectivity index (χ1v) is 10.1. The molecular formula is C24H32N2O2. The largest absolute Gasteiger partial charge is 0.354 e. The molecule has 0 heterocycles. The van der Waals surface area contributed by atoms with Crippen molar-refractivity contribution >= 4 is 11.8 Å². The molecule has 0 bridgehead atoms. The van der Waals surface area contributed by atoms with Crippen LogP contribution in [-0.4, -0.2) is 24.4 Å². The number of hydrogen-bond donors (Lipinski definition) is 2. The summed E-state index contributed by atoms with van der Waals surface area (Å²) in [5.74, 6) is 0.236. The fraction of sp³-hybridized carbons (Fsp3) is 0.417. The van der Waals surface area contributed by atoms with Crippen LogP contribution in [0.5, 0.6) is 0 Å². The monoisotopic (exact) mass is 380 g/mol. The second-order valence-corrected chi connectivity index (χ2v) is 7.73. The number of hydrogen-bond acceptors (Lipinski definition) is 2. The number of rotatable bonds is 9. The third kappa shape index (κ3) is 6.22. The van der Waals surface area contributed by atoms with Crippen LogP contribution >= 0.6 is 0 Å². The molecule has 0 aromatic heterocycles. The van der Waals surface area contributed by atoms with Crippen molar-refractivity contribution in [1.29, 1.82) is 0 Å². The molecule has 0 spiro atoms. The Bertz CT molecular complexity index is 771. The van der Waals surface area contributed by atoms with Gasteiger partial charge in [0.1, 0.15) is 6.04 Å². The molecule has 2 aromatic rings. The second-order valence-electron chi connectivity index (χ2n) is 7.73. The molecule has 0 aliphatic carbocycles. The van der Waals surface area contributed by atoms with Gasteiger partial charge in [-0.3, -0.25) is 9.59 Å². The van der Waals surface area contributed by atoms with E-state index in [-0.39, 0.29) is 17.7 Å². The Morgan fingerprint density at radius 1 is 0.964 bits per heavy atom. The van der Waals surface area contributed by atoms with Gasteiger partial charge in [0.15, 0.2) is 0 Å².